The van der Waals surface area contributed by atoms with Gasteiger partial charge in [-0.25, -0.2) is 0 Å². The predicted molar refractivity (Wildman–Crippen MR) is 109 cm³/mol. The van der Waals surface area contributed by atoms with Crippen molar-refractivity contribution >= 4 is 23.4 Å². The molecule has 1 saturated carbocycles. The fourth-order valence-electron chi connectivity index (χ4n) is 4.32. The van der Waals surface area contributed by atoms with Gasteiger partial charge in [-0.15, -0.1) is 0 Å². The van der Waals surface area contributed by atoms with E-state index in [-0.39, 0.29) is 17.7 Å². The van der Waals surface area contributed by atoms with Crippen molar-refractivity contribution in [1.82, 2.24) is 10.2 Å². The van der Waals surface area contributed by atoms with Gasteiger partial charge in [0.05, 0.1) is 0 Å². The highest BCUT2D eigenvalue weighted by atomic mass is 35.5. The first-order valence-electron chi connectivity index (χ1n) is 10.4. The smallest absolute Gasteiger partial charge is 0.225 e. The Morgan fingerprint density at radius 3 is 2.33 bits per heavy atom. The number of likely N-dealkylation sites (tertiary alicyclic amines) is 1. The van der Waals surface area contributed by atoms with Gasteiger partial charge in [-0.3, -0.25) is 9.59 Å². The van der Waals surface area contributed by atoms with Crippen LogP contribution in [-0.2, 0) is 16.0 Å². The molecule has 1 N–H and O–H groups in total. The molecule has 1 heterocycles. The second kappa shape index (κ2) is 10.1. The Morgan fingerprint density at radius 2 is 1.67 bits per heavy atom. The highest BCUT2D eigenvalue weighted by Crippen LogP contribution is 2.30. The molecule has 3 rings (SSSR count). The second-order valence-electron chi connectivity index (χ2n) is 7.96. The molecule has 2 aliphatic rings. The molecule has 0 bridgehead atoms. The number of rotatable bonds is 5. The Kier molecular flexibility index (Phi) is 7.57. The Balaban J connectivity index is 1.39. The molecule has 27 heavy (non-hydrogen) atoms. The van der Waals surface area contributed by atoms with Gasteiger partial charge >= 0.3 is 0 Å². The average molecular weight is 391 g/mol. The lowest BCUT2D eigenvalue weighted by Crippen LogP contribution is -2.40. The van der Waals surface area contributed by atoms with Crippen molar-refractivity contribution in [3.8, 4) is 0 Å². The summed E-state index contributed by atoms with van der Waals surface area (Å²) in [4.78, 5) is 27.3. The molecule has 1 aromatic carbocycles. The van der Waals surface area contributed by atoms with Crippen LogP contribution in [0, 0.1) is 11.8 Å². The van der Waals surface area contributed by atoms with Crippen LogP contribution in [0.3, 0.4) is 0 Å². The number of halogens is 1. The van der Waals surface area contributed by atoms with E-state index in [0.717, 1.165) is 68.6 Å². The summed E-state index contributed by atoms with van der Waals surface area (Å²) in [5.74, 6) is 0.644. The summed E-state index contributed by atoms with van der Waals surface area (Å²) < 4.78 is 0. The van der Waals surface area contributed by atoms with Gasteiger partial charge in [0.2, 0.25) is 11.8 Å². The Bertz CT molecular complexity index is 633. The number of hydrogen-bond donors (Lipinski definition) is 1. The summed E-state index contributed by atoms with van der Waals surface area (Å²) in [6, 6.07) is 7.75. The van der Waals surface area contributed by atoms with Crippen LogP contribution in [0.1, 0.15) is 56.9 Å². The minimum Gasteiger partial charge on any atom is -0.356 e. The maximum absolute atomic E-state index is 12.8. The van der Waals surface area contributed by atoms with Gasteiger partial charge in [0, 0.05) is 36.5 Å². The number of carbonyl (C=O) groups is 2. The molecule has 1 aliphatic heterocycles. The van der Waals surface area contributed by atoms with Crippen LogP contribution in [0.4, 0.5) is 0 Å². The zero-order valence-electron chi connectivity index (χ0n) is 16.1. The fourth-order valence-corrected chi connectivity index (χ4v) is 4.53. The van der Waals surface area contributed by atoms with Gasteiger partial charge in [0.15, 0.2) is 0 Å². The molecule has 0 spiro atoms. The summed E-state index contributed by atoms with van der Waals surface area (Å²) in [5, 5.41) is 3.79. The summed E-state index contributed by atoms with van der Waals surface area (Å²) in [5.41, 5.74) is 1.13. The molecule has 4 nitrogen and oxygen atoms in total. The number of amides is 2. The van der Waals surface area contributed by atoms with Crippen LogP contribution in [-0.4, -0.2) is 36.3 Å². The monoisotopic (exact) mass is 390 g/mol. The van der Waals surface area contributed by atoms with E-state index in [0.29, 0.717) is 12.5 Å². The summed E-state index contributed by atoms with van der Waals surface area (Å²) in [7, 11) is 0. The van der Waals surface area contributed by atoms with Crippen LogP contribution >= 0.6 is 11.6 Å². The van der Waals surface area contributed by atoms with Gasteiger partial charge in [-0.05, 0) is 62.6 Å². The fraction of sp³-hybridized carbons (Fsp3) is 0.636. The van der Waals surface area contributed by atoms with Crippen molar-refractivity contribution in [1.29, 1.82) is 0 Å². The molecule has 0 radical (unpaired) electrons. The van der Waals surface area contributed by atoms with Crippen LogP contribution in [0.15, 0.2) is 24.3 Å². The van der Waals surface area contributed by atoms with Crippen LogP contribution in [0.2, 0.25) is 5.02 Å². The van der Waals surface area contributed by atoms with Crippen molar-refractivity contribution in [3.63, 3.8) is 0 Å². The molecule has 148 valence electrons. The Morgan fingerprint density at radius 1 is 1.00 bits per heavy atom. The van der Waals surface area contributed by atoms with E-state index in [4.69, 9.17) is 11.6 Å². The number of carbonyl (C=O) groups excluding carboxylic acids is 2. The van der Waals surface area contributed by atoms with Gasteiger partial charge in [0.25, 0.3) is 0 Å². The van der Waals surface area contributed by atoms with Gasteiger partial charge in [0.1, 0.15) is 0 Å². The third kappa shape index (κ3) is 5.97. The average Bonchev–Trinajstić information content (AvgIpc) is 2.97. The first-order chi connectivity index (χ1) is 13.1. The standard InChI is InChI=1S/C22H31ClN2O2/c23-20-7-5-6-17(16-20)12-13-24-21(26)18-8-10-19(11-9-18)22(27)25-14-3-1-2-4-15-25/h5-7,16,18-19H,1-4,8-15H2,(H,24,26). The van der Waals surface area contributed by atoms with Crippen molar-refractivity contribution in [2.75, 3.05) is 19.6 Å². The van der Waals surface area contributed by atoms with Crippen molar-refractivity contribution in [3.05, 3.63) is 34.9 Å². The number of benzene rings is 1. The molecule has 2 fully saturated rings. The molecule has 1 aliphatic carbocycles. The highest BCUT2D eigenvalue weighted by molar-refractivity contribution is 6.30. The van der Waals surface area contributed by atoms with Gasteiger partial charge in [-0.2, -0.15) is 0 Å². The first kappa shape index (κ1) is 20.2. The predicted octanol–water partition coefficient (Wildman–Crippen LogP) is 4.21. The minimum absolute atomic E-state index is 0.0533. The molecule has 5 heteroatoms. The van der Waals surface area contributed by atoms with Gasteiger partial charge < -0.3 is 10.2 Å². The quantitative estimate of drug-likeness (QED) is 0.818. The van der Waals surface area contributed by atoms with E-state index in [1.807, 2.05) is 24.3 Å². The largest absolute Gasteiger partial charge is 0.356 e. The van der Waals surface area contributed by atoms with Crippen molar-refractivity contribution < 1.29 is 9.59 Å². The number of nitrogens with one attached hydrogen (secondary N) is 1. The SMILES string of the molecule is O=C(NCCc1cccc(Cl)c1)C1CCC(C(=O)N2CCCCCC2)CC1. The molecule has 1 saturated heterocycles. The molecule has 2 amide bonds. The maximum Gasteiger partial charge on any atom is 0.225 e. The van der Waals surface area contributed by atoms with Gasteiger partial charge in [-0.1, -0.05) is 36.6 Å². The molecule has 0 atom stereocenters. The second-order valence-corrected chi connectivity index (χ2v) is 8.40. The maximum atomic E-state index is 12.8. The highest BCUT2D eigenvalue weighted by Gasteiger charge is 2.32. The summed E-state index contributed by atoms with van der Waals surface area (Å²) in [6.45, 7) is 2.47. The molecule has 0 unspecified atom stereocenters. The lowest BCUT2D eigenvalue weighted by Gasteiger charge is -2.31. The van der Waals surface area contributed by atoms with Crippen molar-refractivity contribution in [2.24, 2.45) is 11.8 Å². The van der Waals surface area contributed by atoms with Crippen LogP contribution in [0.5, 0.6) is 0 Å². The van der Waals surface area contributed by atoms with E-state index in [2.05, 4.69) is 10.2 Å². The Labute approximate surface area is 167 Å². The number of nitrogens with zero attached hydrogens (tertiary/aromatic N) is 1. The molecular weight excluding hydrogens is 360 g/mol. The van der Waals surface area contributed by atoms with E-state index in [1.54, 1.807) is 0 Å². The van der Waals surface area contributed by atoms with Crippen LogP contribution in [0.25, 0.3) is 0 Å². The minimum atomic E-state index is 0.0533. The number of hydrogen-bond acceptors (Lipinski definition) is 2. The molecule has 1 aromatic rings. The van der Waals surface area contributed by atoms with Crippen LogP contribution < -0.4 is 5.32 Å². The lowest BCUT2D eigenvalue weighted by atomic mass is 9.81. The third-order valence-electron chi connectivity index (χ3n) is 5.97. The summed E-state index contributed by atoms with van der Waals surface area (Å²) in [6.07, 6.45) is 8.89. The molecule has 0 aromatic heterocycles. The van der Waals surface area contributed by atoms with E-state index < -0.39 is 0 Å². The van der Waals surface area contributed by atoms with E-state index >= 15 is 0 Å². The zero-order chi connectivity index (χ0) is 19.1. The normalized spacial score (nSPS) is 23.5. The first-order valence-corrected chi connectivity index (χ1v) is 10.8. The lowest BCUT2D eigenvalue weighted by molar-refractivity contribution is -0.138. The molecular formula is C22H31ClN2O2. The zero-order valence-corrected chi connectivity index (χ0v) is 16.8. The topological polar surface area (TPSA) is 49.4 Å². The summed E-state index contributed by atoms with van der Waals surface area (Å²) >= 11 is 5.99. The van der Waals surface area contributed by atoms with Crippen molar-refractivity contribution in [2.45, 2.75) is 57.8 Å². The Hall–Kier alpha value is -1.55. The third-order valence-corrected chi connectivity index (χ3v) is 6.20. The van der Waals surface area contributed by atoms with E-state index in [9.17, 15) is 9.59 Å². The van der Waals surface area contributed by atoms with E-state index in [1.165, 1.54) is 12.8 Å².